The van der Waals surface area contributed by atoms with Gasteiger partial charge in [-0.25, -0.2) is 0 Å². The lowest BCUT2D eigenvalue weighted by Gasteiger charge is -2.05. The van der Waals surface area contributed by atoms with Crippen LogP contribution in [0.5, 0.6) is 0 Å². The van der Waals surface area contributed by atoms with Crippen LogP contribution in [0.4, 0.5) is 0 Å². The van der Waals surface area contributed by atoms with Crippen LogP contribution in [-0.4, -0.2) is 20.5 Å². The van der Waals surface area contributed by atoms with Gasteiger partial charge in [0.15, 0.2) is 0 Å². The van der Waals surface area contributed by atoms with E-state index in [2.05, 4.69) is 26.0 Å². The second-order valence-electron chi connectivity index (χ2n) is 3.74. The molecule has 0 aliphatic rings. The zero-order valence-electron chi connectivity index (χ0n) is 9.64. The number of pyridine rings is 1. The lowest BCUT2D eigenvalue weighted by atomic mass is 10.1. The van der Waals surface area contributed by atoms with Gasteiger partial charge in [0.05, 0.1) is 10.7 Å². The zero-order valence-corrected chi connectivity index (χ0v) is 11.2. The van der Waals surface area contributed by atoms with E-state index in [0.717, 1.165) is 5.56 Å². The first-order chi connectivity index (χ1) is 8.13. The Kier molecular flexibility index (Phi) is 3.38. The first-order valence-electron chi connectivity index (χ1n) is 5.31. The van der Waals surface area contributed by atoms with E-state index in [1.807, 2.05) is 19.9 Å². The Bertz CT molecular complexity index is 563. The third-order valence-corrected chi connectivity index (χ3v) is 3.03. The monoisotopic (exact) mass is 293 g/mol. The molecule has 0 amide bonds. The summed E-state index contributed by atoms with van der Waals surface area (Å²) < 4.78 is 2.39. The SMILES string of the molecule is CCn1ncc(Br)c1C(=O)c1cncc(C)c1. The van der Waals surface area contributed by atoms with Crippen LogP contribution in [0.25, 0.3) is 0 Å². The van der Waals surface area contributed by atoms with Crippen LogP contribution in [0.2, 0.25) is 0 Å². The van der Waals surface area contributed by atoms with Crippen LogP contribution in [-0.2, 0) is 6.54 Å². The van der Waals surface area contributed by atoms with Crippen molar-refractivity contribution in [1.82, 2.24) is 14.8 Å². The van der Waals surface area contributed by atoms with Crippen molar-refractivity contribution in [2.24, 2.45) is 0 Å². The highest BCUT2D eigenvalue weighted by atomic mass is 79.9. The second-order valence-corrected chi connectivity index (χ2v) is 4.59. The average Bonchev–Trinajstić information content (AvgIpc) is 2.69. The Morgan fingerprint density at radius 3 is 2.82 bits per heavy atom. The minimum Gasteiger partial charge on any atom is -0.287 e. The summed E-state index contributed by atoms with van der Waals surface area (Å²) in [6.07, 6.45) is 4.94. The molecule has 0 spiro atoms. The summed E-state index contributed by atoms with van der Waals surface area (Å²) in [7, 11) is 0. The average molecular weight is 294 g/mol. The van der Waals surface area contributed by atoms with Crippen LogP contribution in [0.3, 0.4) is 0 Å². The molecule has 2 rings (SSSR count). The zero-order chi connectivity index (χ0) is 12.4. The lowest BCUT2D eigenvalue weighted by Crippen LogP contribution is -2.11. The molecular weight excluding hydrogens is 282 g/mol. The second kappa shape index (κ2) is 4.79. The van der Waals surface area contributed by atoms with Crippen molar-refractivity contribution in [3.63, 3.8) is 0 Å². The fourth-order valence-electron chi connectivity index (χ4n) is 1.64. The van der Waals surface area contributed by atoms with Crippen molar-refractivity contribution in [2.75, 3.05) is 0 Å². The van der Waals surface area contributed by atoms with E-state index >= 15 is 0 Å². The molecule has 2 aromatic rings. The van der Waals surface area contributed by atoms with Crippen molar-refractivity contribution in [3.8, 4) is 0 Å². The molecule has 17 heavy (non-hydrogen) atoms. The van der Waals surface area contributed by atoms with E-state index < -0.39 is 0 Å². The summed E-state index contributed by atoms with van der Waals surface area (Å²) in [4.78, 5) is 16.4. The van der Waals surface area contributed by atoms with Gasteiger partial charge in [-0.2, -0.15) is 5.10 Å². The number of aryl methyl sites for hydroxylation is 2. The number of ketones is 1. The summed E-state index contributed by atoms with van der Waals surface area (Å²) in [5.41, 5.74) is 2.12. The van der Waals surface area contributed by atoms with Gasteiger partial charge in [0.1, 0.15) is 5.69 Å². The predicted octanol–water partition coefficient (Wildman–Crippen LogP) is 2.60. The third kappa shape index (κ3) is 2.29. The molecule has 0 atom stereocenters. The van der Waals surface area contributed by atoms with Gasteiger partial charge in [-0.3, -0.25) is 14.5 Å². The van der Waals surface area contributed by atoms with Crippen molar-refractivity contribution in [1.29, 1.82) is 0 Å². The Morgan fingerprint density at radius 2 is 2.18 bits per heavy atom. The fraction of sp³-hybridized carbons (Fsp3) is 0.250. The smallest absolute Gasteiger partial charge is 0.213 e. The molecule has 0 aliphatic carbocycles. The first-order valence-corrected chi connectivity index (χ1v) is 6.10. The molecule has 0 saturated heterocycles. The van der Waals surface area contributed by atoms with Crippen molar-refractivity contribution < 1.29 is 4.79 Å². The first kappa shape index (κ1) is 12.0. The normalized spacial score (nSPS) is 10.5. The van der Waals surface area contributed by atoms with E-state index in [1.165, 1.54) is 0 Å². The van der Waals surface area contributed by atoms with E-state index in [4.69, 9.17) is 0 Å². The number of nitrogens with zero attached hydrogens (tertiary/aromatic N) is 3. The van der Waals surface area contributed by atoms with E-state index in [1.54, 1.807) is 23.3 Å². The molecule has 0 N–H and O–H groups in total. The van der Waals surface area contributed by atoms with E-state index in [9.17, 15) is 4.79 Å². The quantitative estimate of drug-likeness (QED) is 0.817. The highest BCUT2D eigenvalue weighted by molar-refractivity contribution is 9.10. The topological polar surface area (TPSA) is 47.8 Å². The highest BCUT2D eigenvalue weighted by Crippen LogP contribution is 2.19. The van der Waals surface area contributed by atoms with Gasteiger partial charge < -0.3 is 0 Å². The molecule has 2 heterocycles. The van der Waals surface area contributed by atoms with E-state index in [0.29, 0.717) is 22.3 Å². The molecule has 2 aromatic heterocycles. The van der Waals surface area contributed by atoms with Crippen LogP contribution >= 0.6 is 15.9 Å². The number of carbonyl (C=O) groups excluding carboxylic acids is 1. The van der Waals surface area contributed by atoms with Gasteiger partial charge in [-0.05, 0) is 41.4 Å². The van der Waals surface area contributed by atoms with Gasteiger partial charge in [-0.1, -0.05) is 0 Å². The predicted molar refractivity (Wildman–Crippen MR) is 68.0 cm³/mol. The van der Waals surface area contributed by atoms with Crippen molar-refractivity contribution in [2.45, 2.75) is 20.4 Å². The molecule has 0 bridgehead atoms. The Morgan fingerprint density at radius 1 is 1.41 bits per heavy atom. The maximum absolute atomic E-state index is 12.3. The Balaban J connectivity index is 2.47. The maximum Gasteiger partial charge on any atom is 0.213 e. The molecule has 0 unspecified atom stereocenters. The standard InChI is InChI=1S/C12H12BrN3O/c1-3-16-11(10(13)7-15-16)12(17)9-4-8(2)5-14-6-9/h4-7H,3H2,1-2H3. The van der Waals surface area contributed by atoms with Gasteiger partial charge in [0.2, 0.25) is 5.78 Å². The van der Waals surface area contributed by atoms with Crippen LogP contribution in [0.1, 0.15) is 28.5 Å². The number of hydrogen-bond donors (Lipinski definition) is 0. The van der Waals surface area contributed by atoms with Crippen molar-refractivity contribution >= 4 is 21.7 Å². The van der Waals surface area contributed by atoms with Gasteiger partial charge in [0, 0.05) is 24.5 Å². The summed E-state index contributed by atoms with van der Waals surface area (Å²) in [5, 5.41) is 4.13. The molecule has 88 valence electrons. The van der Waals surface area contributed by atoms with Crippen LogP contribution < -0.4 is 0 Å². The number of hydrogen-bond acceptors (Lipinski definition) is 3. The molecule has 4 nitrogen and oxygen atoms in total. The van der Waals surface area contributed by atoms with Crippen LogP contribution in [0.15, 0.2) is 29.1 Å². The Labute approximate surface area is 108 Å². The lowest BCUT2D eigenvalue weighted by molar-refractivity contribution is 0.102. The largest absolute Gasteiger partial charge is 0.287 e. The Hall–Kier alpha value is -1.49. The molecule has 5 heteroatoms. The molecule has 0 aromatic carbocycles. The number of carbonyl (C=O) groups is 1. The fourth-order valence-corrected chi connectivity index (χ4v) is 2.12. The van der Waals surface area contributed by atoms with Gasteiger partial charge in [0.25, 0.3) is 0 Å². The molecule has 0 fully saturated rings. The van der Waals surface area contributed by atoms with Gasteiger partial charge >= 0.3 is 0 Å². The maximum atomic E-state index is 12.3. The molecule has 0 saturated carbocycles. The minimum absolute atomic E-state index is 0.0626. The summed E-state index contributed by atoms with van der Waals surface area (Å²) in [6, 6.07) is 1.83. The molecular formula is C12H12BrN3O. The van der Waals surface area contributed by atoms with Crippen LogP contribution in [0, 0.1) is 6.92 Å². The molecule has 0 radical (unpaired) electrons. The number of halogens is 1. The summed E-state index contributed by atoms with van der Waals surface area (Å²) in [6.45, 7) is 4.52. The summed E-state index contributed by atoms with van der Waals surface area (Å²) in [5.74, 6) is -0.0626. The molecule has 0 aliphatic heterocycles. The summed E-state index contributed by atoms with van der Waals surface area (Å²) >= 11 is 3.35. The highest BCUT2D eigenvalue weighted by Gasteiger charge is 2.18. The van der Waals surface area contributed by atoms with Crippen molar-refractivity contribution in [3.05, 3.63) is 46.0 Å². The minimum atomic E-state index is -0.0626. The third-order valence-electron chi connectivity index (χ3n) is 2.45. The number of rotatable bonds is 3. The van der Waals surface area contributed by atoms with Gasteiger partial charge in [-0.15, -0.1) is 0 Å². The number of aromatic nitrogens is 3. The van der Waals surface area contributed by atoms with E-state index in [-0.39, 0.29) is 5.78 Å².